The Labute approximate surface area is 53.5 Å². The lowest BCUT2D eigenvalue weighted by atomic mass is 10.2. The van der Waals surface area contributed by atoms with E-state index in [1.54, 1.807) is 6.08 Å². The molecular weight excluding hydrogens is 118 g/mol. The van der Waals surface area contributed by atoms with Crippen molar-refractivity contribution in [3.8, 4) is 0 Å². The lowest BCUT2D eigenvalue weighted by molar-refractivity contribution is -0.129. The zero-order chi connectivity index (χ0) is 7.28. The molecule has 0 saturated heterocycles. The van der Waals surface area contributed by atoms with Gasteiger partial charge in [0.05, 0.1) is 0 Å². The average molecular weight is 127 g/mol. The first kappa shape index (κ1) is 7.88. The zero-order valence-corrected chi connectivity index (χ0v) is 5.05. The fourth-order valence-corrected chi connectivity index (χ4v) is 0.353. The van der Waals surface area contributed by atoms with Gasteiger partial charge in [0, 0.05) is 0 Å². The molecule has 0 spiro atoms. The molecule has 0 atom stereocenters. The fourth-order valence-electron chi connectivity index (χ4n) is 0.353. The molecule has 0 aliphatic rings. The minimum absolute atomic E-state index is 0.255. The molecule has 0 aliphatic carbocycles. The number of aliphatic carboxylic acids is 1. The molecule has 9 heavy (non-hydrogen) atoms. The quantitative estimate of drug-likeness (QED) is 0.438. The van der Waals surface area contributed by atoms with Crippen LogP contribution in [0.25, 0.3) is 0 Å². The zero-order valence-electron chi connectivity index (χ0n) is 5.05. The van der Waals surface area contributed by atoms with Crippen molar-refractivity contribution in [3.63, 3.8) is 0 Å². The molecule has 0 aromatic carbocycles. The molecule has 2 N–H and O–H groups in total. The molecule has 0 bridgehead atoms. The van der Waals surface area contributed by atoms with E-state index >= 15 is 0 Å². The number of hydrogen-bond acceptors (Lipinski definition) is 2. The van der Waals surface area contributed by atoms with Crippen molar-refractivity contribution < 1.29 is 9.90 Å². The average Bonchev–Trinajstić information content (AvgIpc) is 1.82. The third-order valence-corrected chi connectivity index (χ3v) is 0.857. The van der Waals surface area contributed by atoms with Crippen LogP contribution in [-0.2, 0) is 4.79 Å². The number of nitrogens with one attached hydrogen (secondary N) is 1. The summed E-state index contributed by atoms with van der Waals surface area (Å²) in [7, 11) is 0. The van der Waals surface area contributed by atoms with Crippen LogP contribution in [0.1, 0.15) is 12.8 Å². The minimum Gasteiger partial charge on any atom is -0.477 e. The first-order valence-electron chi connectivity index (χ1n) is 2.60. The van der Waals surface area contributed by atoms with Gasteiger partial charge in [-0.25, -0.2) is 4.79 Å². The topological polar surface area (TPSA) is 61.2 Å². The Balaban J connectivity index is 3.51. The number of allylic oxidation sites excluding steroid dienone is 1. The van der Waals surface area contributed by atoms with Gasteiger partial charge in [-0.3, -0.25) is 5.41 Å². The lowest BCUT2D eigenvalue weighted by Gasteiger charge is -1.91. The van der Waals surface area contributed by atoms with Crippen LogP contribution in [0.4, 0.5) is 0 Å². The number of rotatable bonds is 4. The van der Waals surface area contributed by atoms with Gasteiger partial charge in [0.2, 0.25) is 0 Å². The second-order valence-corrected chi connectivity index (χ2v) is 1.61. The summed E-state index contributed by atoms with van der Waals surface area (Å²) in [4.78, 5) is 9.95. The van der Waals surface area contributed by atoms with E-state index in [0.717, 1.165) is 0 Å². The third-order valence-electron chi connectivity index (χ3n) is 0.857. The van der Waals surface area contributed by atoms with Crippen LogP contribution < -0.4 is 0 Å². The number of carbonyl (C=O) groups is 1. The Hall–Kier alpha value is -1.12. The summed E-state index contributed by atoms with van der Waals surface area (Å²) >= 11 is 0. The molecule has 0 aliphatic heterocycles. The number of hydrogen-bond donors (Lipinski definition) is 2. The normalized spacial score (nSPS) is 8.44. The lowest BCUT2D eigenvalue weighted by Crippen LogP contribution is -2.10. The van der Waals surface area contributed by atoms with E-state index in [1.165, 1.54) is 0 Å². The monoisotopic (exact) mass is 127 g/mol. The van der Waals surface area contributed by atoms with Crippen molar-refractivity contribution in [2.75, 3.05) is 0 Å². The Morgan fingerprint density at radius 1 is 1.78 bits per heavy atom. The Morgan fingerprint density at radius 3 is 2.67 bits per heavy atom. The van der Waals surface area contributed by atoms with Crippen LogP contribution in [0.5, 0.6) is 0 Å². The van der Waals surface area contributed by atoms with E-state index in [1.807, 2.05) is 0 Å². The van der Waals surface area contributed by atoms with Gasteiger partial charge in [-0.05, 0) is 12.8 Å². The predicted molar refractivity (Wildman–Crippen MR) is 34.8 cm³/mol. The molecule has 0 amide bonds. The summed E-state index contributed by atoms with van der Waals surface area (Å²) in [5.41, 5.74) is -0.255. The highest BCUT2D eigenvalue weighted by atomic mass is 16.4. The second-order valence-electron chi connectivity index (χ2n) is 1.61. The van der Waals surface area contributed by atoms with Gasteiger partial charge >= 0.3 is 5.97 Å². The van der Waals surface area contributed by atoms with Crippen LogP contribution in [-0.4, -0.2) is 16.8 Å². The molecule has 0 radical (unpaired) electrons. The number of carboxylic acids is 1. The maximum atomic E-state index is 9.95. The summed E-state index contributed by atoms with van der Waals surface area (Å²) in [6.07, 6.45) is 2.43. The molecule has 0 aromatic rings. The van der Waals surface area contributed by atoms with Gasteiger partial charge in [-0.15, -0.1) is 6.58 Å². The van der Waals surface area contributed by atoms with Gasteiger partial charge in [-0.2, -0.15) is 0 Å². The molecule has 0 rings (SSSR count). The fraction of sp³-hybridized carbons (Fsp3) is 0.333. The molecule has 0 heterocycles. The SMILES string of the molecule is C=CCCC(=N)C(=O)O. The van der Waals surface area contributed by atoms with E-state index in [4.69, 9.17) is 10.5 Å². The molecule has 0 fully saturated rings. The summed E-state index contributed by atoms with van der Waals surface area (Å²) in [6.45, 7) is 3.40. The van der Waals surface area contributed by atoms with E-state index in [9.17, 15) is 4.79 Å². The van der Waals surface area contributed by atoms with Crippen LogP contribution in [0.3, 0.4) is 0 Å². The molecular formula is C6H9NO2. The Bertz CT molecular complexity index is 140. The van der Waals surface area contributed by atoms with Gasteiger partial charge in [0.25, 0.3) is 0 Å². The van der Waals surface area contributed by atoms with Gasteiger partial charge in [0.1, 0.15) is 5.71 Å². The molecule has 50 valence electrons. The molecule has 0 unspecified atom stereocenters. The van der Waals surface area contributed by atoms with Crippen LogP contribution in [0, 0.1) is 5.41 Å². The van der Waals surface area contributed by atoms with Crippen molar-refractivity contribution in [3.05, 3.63) is 12.7 Å². The Morgan fingerprint density at radius 2 is 2.33 bits per heavy atom. The van der Waals surface area contributed by atoms with Gasteiger partial charge < -0.3 is 5.11 Å². The van der Waals surface area contributed by atoms with Crippen molar-refractivity contribution in [2.24, 2.45) is 0 Å². The molecule has 3 nitrogen and oxygen atoms in total. The summed E-state index contributed by atoms with van der Waals surface area (Å²) in [6, 6.07) is 0. The maximum Gasteiger partial charge on any atom is 0.349 e. The summed E-state index contributed by atoms with van der Waals surface area (Å²) in [5.74, 6) is -1.14. The van der Waals surface area contributed by atoms with E-state index < -0.39 is 5.97 Å². The maximum absolute atomic E-state index is 9.95. The summed E-state index contributed by atoms with van der Waals surface area (Å²) in [5, 5.41) is 14.9. The van der Waals surface area contributed by atoms with E-state index in [0.29, 0.717) is 6.42 Å². The summed E-state index contributed by atoms with van der Waals surface area (Å²) < 4.78 is 0. The van der Waals surface area contributed by atoms with Crippen LogP contribution in [0.15, 0.2) is 12.7 Å². The second kappa shape index (κ2) is 3.83. The van der Waals surface area contributed by atoms with E-state index in [2.05, 4.69) is 6.58 Å². The largest absolute Gasteiger partial charge is 0.477 e. The smallest absolute Gasteiger partial charge is 0.349 e. The highest BCUT2D eigenvalue weighted by Crippen LogP contribution is 1.90. The van der Waals surface area contributed by atoms with Crippen molar-refractivity contribution in [2.45, 2.75) is 12.8 Å². The van der Waals surface area contributed by atoms with Crippen LogP contribution in [0.2, 0.25) is 0 Å². The standard InChI is InChI=1S/C6H9NO2/c1-2-3-4-5(7)6(8)9/h2,7H,1,3-4H2,(H,8,9). The van der Waals surface area contributed by atoms with Crippen molar-refractivity contribution in [1.29, 1.82) is 5.41 Å². The van der Waals surface area contributed by atoms with Crippen molar-refractivity contribution >= 4 is 11.7 Å². The van der Waals surface area contributed by atoms with Gasteiger partial charge in [0.15, 0.2) is 0 Å². The van der Waals surface area contributed by atoms with Crippen LogP contribution >= 0.6 is 0 Å². The Kier molecular flexibility index (Phi) is 3.35. The van der Waals surface area contributed by atoms with Gasteiger partial charge in [-0.1, -0.05) is 6.08 Å². The molecule has 3 heteroatoms. The highest BCUT2D eigenvalue weighted by molar-refractivity contribution is 6.34. The molecule has 0 saturated carbocycles. The molecule has 0 aromatic heterocycles. The third kappa shape index (κ3) is 3.46. The highest BCUT2D eigenvalue weighted by Gasteiger charge is 2.02. The number of carboxylic acid groups (broad SMARTS) is 1. The first-order valence-corrected chi connectivity index (χ1v) is 2.60. The first-order chi connectivity index (χ1) is 4.18. The van der Waals surface area contributed by atoms with E-state index in [-0.39, 0.29) is 12.1 Å². The van der Waals surface area contributed by atoms with Crippen molar-refractivity contribution in [1.82, 2.24) is 0 Å². The predicted octanol–water partition coefficient (Wildman–Crippen LogP) is 1.06. The minimum atomic E-state index is -1.14.